The van der Waals surface area contributed by atoms with Crippen molar-refractivity contribution in [2.45, 2.75) is 52.5 Å². The predicted molar refractivity (Wildman–Crippen MR) is 158 cm³/mol. The molecule has 0 saturated heterocycles. The molecule has 4 rings (SSSR count). The van der Waals surface area contributed by atoms with E-state index in [4.69, 9.17) is 9.15 Å². The van der Waals surface area contributed by atoms with Gasteiger partial charge >= 0.3 is 5.97 Å². The quantitative estimate of drug-likeness (QED) is 0.135. The molecule has 1 amide bonds. The van der Waals surface area contributed by atoms with Crippen molar-refractivity contribution in [3.63, 3.8) is 0 Å². The number of benzene rings is 3. The van der Waals surface area contributed by atoms with Crippen molar-refractivity contribution in [3.05, 3.63) is 84.4 Å². The van der Waals surface area contributed by atoms with Gasteiger partial charge in [-0.25, -0.2) is 0 Å². The molecular weight excluding hydrogens is 504 g/mol. The fourth-order valence-electron chi connectivity index (χ4n) is 4.50. The van der Waals surface area contributed by atoms with E-state index in [1.165, 1.54) is 0 Å². The van der Waals surface area contributed by atoms with Crippen LogP contribution in [0.5, 0.6) is 0 Å². The van der Waals surface area contributed by atoms with E-state index in [-0.39, 0.29) is 30.5 Å². The van der Waals surface area contributed by atoms with Gasteiger partial charge in [-0.05, 0) is 86.3 Å². The average Bonchev–Trinajstić information content (AvgIpc) is 3.38. The number of Topliss-reactive ketones (excluding diaryl/α,β-unsaturated/α-hetero) is 1. The number of furan rings is 1. The summed E-state index contributed by atoms with van der Waals surface area (Å²) in [6.45, 7) is 6.24. The zero-order valence-electron chi connectivity index (χ0n) is 23.2. The first-order valence-corrected chi connectivity index (χ1v) is 13.8. The minimum absolute atomic E-state index is 0.0292. The number of fused-ring (bicyclic) bond motifs is 1. The summed E-state index contributed by atoms with van der Waals surface area (Å²) in [7, 11) is 0. The summed E-state index contributed by atoms with van der Waals surface area (Å²) in [5, 5.41) is 7.39. The molecule has 0 aliphatic rings. The lowest BCUT2D eigenvalue weighted by atomic mass is 10.0. The molecule has 2 N–H and O–H groups in total. The monoisotopic (exact) mass is 540 g/mol. The molecular formula is C33H36N2O5. The normalized spacial score (nSPS) is 11.8. The van der Waals surface area contributed by atoms with Crippen LogP contribution in [-0.2, 0) is 14.3 Å². The molecule has 1 aromatic heterocycles. The van der Waals surface area contributed by atoms with Crippen molar-refractivity contribution in [2.75, 3.05) is 17.2 Å². The molecule has 0 unspecified atom stereocenters. The molecule has 208 valence electrons. The molecule has 0 aliphatic heterocycles. The minimum atomic E-state index is -0.457. The van der Waals surface area contributed by atoms with E-state index in [0.29, 0.717) is 36.6 Å². The number of para-hydroxylation sites is 1. The molecule has 0 aliphatic carbocycles. The Bertz CT molecular complexity index is 1400. The van der Waals surface area contributed by atoms with Gasteiger partial charge in [0.2, 0.25) is 5.91 Å². The molecule has 4 aromatic rings. The van der Waals surface area contributed by atoms with E-state index in [2.05, 4.69) is 24.5 Å². The number of hydrogen-bond acceptors (Lipinski definition) is 6. The molecule has 40 heavy (non-hydrogen) atoms. The highest BCUT2D eigenvalue weighted by Gasteiger charge is 2.20. The third kappa shape index (κ3) is 7.82. The van der Waals surface area contributed by atoms with Crippen LogP contribution >= 0.6 is 0 Å². The molecule has 7 heteroatoms. The summed E-state index contributed by atoms with van der Waals surface area (Å²) in [5.74, 6) is 0.618. The predicted octanol–water partition coefficient (Wildman–Crippen LogP) is 7.48. The number of ether oxygens (including phenoxy) is 1. The second-order valence-corrected chi connectivity index (χ2v) is 10.2. The topological polar surface area (TPSA) is 97.6 Å². The second-order valence-electron chi connectivity index (χ2n) is 10.2. The zero-order valence-corrected chi connectivity index (χ0v) is 23.2. The highest BCUT2D eigenvalue weighted by molar-refractivity contribution is 5.98. The standard InChI is InChI=1S/C33H36N2O5/c1-4-39-32(37)11-7-9-29(36)23-12-16-26(17-13-23)34-28(20-22(2)3)33(38)35-27-18-14-24(15-19-27)31-21-25-8-5-6-10-30(25)40-31/h5-6,8,10,12-19,21-22,28,34H,4,7,9,11,20H2,1-3H3,(H,35,38)/t28-/m0/s1. The first-order valence-electron chi connectivity index (χ1n) is 13.8. The van der Waals surface area contributed by atoms with Crippen LogP contribution in [0.4, 0.5) is 11.4 Å². The van der Waals surface area contributed by atoms with Crippen LogP contribution in [0.25, 0.3) is 22.3 Å². The van der Waals surface area contributed by atoms with E-state index in [0.717, 1.165) is 28.0 Å². The Labute approximate surface area is 234 Å². The second kappa shape index (κ2) is 13.6. The Hall–Kier alpha value is -4.39. The van der Waals surface area contributed by atoms with Crippen molar-refractivity contribution in [2.24, 2.45) is 5.92 Å². The van der Waals surface area contributed by atoms with Crippen LogP contribution in [-0.4, -0.2) is 30.3 Å². The molecule has 0 spiro atoms. The number of amides is 1. The Morgan fingerprint density at radius 1 is 0.875 bits per heavy atom. The largest absolute Gasteiger partial charge is 0.466 e. The van der Waals surface area contributed by atoms with Gasteiger partial charge < -0.3 is 19.8 Å². The van der Waals surface area contributed by atoms with E-state index in [9.17, 15) is 14.4 Å². The lowest BCUT2D eigenvalue weighted by Gasteiger charge is -2.21. The number of carbonyl (C=O) groups is 3. The first kappa shape index (κ1) is 28.6. The Morgan fingerprint density at radius 2 is 1.57 bits per heavy atom. The van der Waals surface area contributed by atoms with Gasteiger partial charge in [-0.15, -0.1) is 0 Å². The summed E-state index contributed by atoms with van der Waals surface area (Å²) in [5.41, 5.74) is 3.79. The summed E-state index contributed by atoms with van der Waals surface area (Å²) in [4.78, 5) is 37.2. The number of anilines is 2. The summed E-state index contributed by atoms with van der Waals surface area (Å²) in [6, 6.07) is 24.1. The fraction of sp³-hybridized carbons (Fsp3) is 0.303. The fourth-order valence-corrected chi connectivity index (χ4v) is 4.50. The van der Waals surface area contributed by atoms with Crippen molar-refractivity contribution < 1.29 is 23.5 Å². The van der Waals surface area contributed by atoms with Gasteiger partial charge in [0.25, 0.3) is 0 Å². The lowest BCUT2D eigenvalue weighted by molar-refractivity contribution is -0.143. The third-order valence-electron chi connectivity index (χ3n) is 6.52. The molecule has 0 fully saturated rings. The number of esters is 1. The van der Waals surface area contributed by atoms with Crippen LogP contribution in [0, 0.1) is 5.92 Å². The van der Waals surface area contributed by atoms with Gasteiger partial charge in [0.15, 0.2) is 5.78 Å². The SMILES string of the molecule is CCOC(=O)CCCC(=O)c1ccc(N[C@@H](CC(C)C)C(=O)Nc2ccc(-c3cc4ccccc4o3)cc2)cc1. The van der Waals surface area contributed by atoms with Crippen molar-refractivity contribution in [3.8, 4) is 11.3 Å². The number of rotatable bonds is 13. The lowest BCUT2D eigenvalue weighted by Crippen LogP contribution is -2.35. The van der Waals surface area contributed by atoms with Gasteiger partial charge in [-0.2, -0.15) is 0 Å². The van der Waals surface area contributed by atoms with Crippen LogP contribution in [0.15, 0.2) is 83.3 Å². The van der Waals surface area contributed by atoms with Crippen LogP contribution in [0.3, 0.4) is 0 Å². The van der Waals surface area contributed by atoms with Crippen LogP contribution < -0.4 is 10.6 Å². The van der Waals surface area contributed by atoms with Gasteiger partial charge in [0.1, 0.15) is 17.4 Å². The number of carbonyl (C=O) groups excluding carboxylic acids is 3. The Kier molecular flexibility index (Phi) is 9.73. The molecule has 1 atom stereocenters. The molecule has 1 heterocycles. The molecule has 0 bridgehead atoms. The van der Waals surface area contributed by atoms with Crippen LogP contribution in [0.2, 0.25) is 0 Å². The maximum Gasteiger partial charge on any atom is 0.305 e. The van der Waals surface area contributed by atoms with Gasteiger partial charge in [-0.3, -0.25) is 14.4 Å². The summed E-state index contributed by atoms with van der Waals surface area (Å²) in [6.07, 6.45) is 1.60. The van der Waals surface area contributed by atoms with Gasteiger partial charge in [-0.1, -0.05) is 32.0 Å². The van der Waals surface area contributed by atoms with Crippen molar-refractivity contribution >= 4 is 40.0 Å². The smallest absolute Gasteiger partial charge is 0.305 e. The van der Waals surface area contributed by atoms with Crippen molar-refractivity contribution in [1.29, 1.82) is 0 Å². The van der Waals surface area contributed by atoms with Gasteiger partial charge in [0.05, 0.1) is 6.61 Å². The Balaban J connectivity index is 1.35. The number of hydrogen-bond donors (Lipinski definition) is 2. The summed E-state index contributed by atoms with van der Waals surface area (Å²) >= 11 is 0. The number of nitrogens with one attached hydrogen (secondary N) is 2. The average molecular weight is 541 g/mol. The van der Waals surface area contributed by atoms with E-state index in [1.54, 1.807) is 31.2 Å². The zero-order chi connectivity index (χ0) is 28.5. The molecule has 0 saturated carbocycles. The Morgan fingerprint density at radius 3 is 2.25 bits per heavy atom. The van der Waals surface area contributed by atoms with E-state index >= 15 is 0 Å². The first-order chi connectivity index (χ1) is 19.3. The van der Waals surface area contributed by atoms with Crippen LogP contribution in [0.1, 0.15) is 56.8 Å². The molecule has 7 nitrogen and oxygen atoms in total. The maximum atomic E-state index is 13.2. The molecule has 0 radical (unpaired) electrons. The highest BCUT2D eigenvalue weighted by atomic mass is 16.5. The maximum absolute atomic E-state index is 13.2. The van der Waals surface area contributed by atoms with E-state index in [1.807, 2.05) is 54.6 Å². The highest BCUT2D eigenvalue weighted by Crippen LogP contribution is 2.28. The van der Waals surface area contributed by atoms with Gasteiger partial charge in [0, 0.05) is 40.7 Å². The number of ketones is 1. The third-order valence-corrected chi connectivity index (χ3v) is 6.52. The summed E-state index contributed by atoms with van der Waals surface area (Å²) < 4.78 is 10.9. The van der Waals surface area contributed by atoms with E-state index < -0.39 is 6.04 Å². The molecule has 3 aromatic carbocycles. The van der Waals surface area contributed by atoms with Crippen molar-refractivity contribution in [1.82, 2.24) is 0 Å². The minimum Gasteiger partial charge on any atom is -0.466 e.